The number of hydrogen-bond acceptors (Lipinski definition) is 2. The van der Waals surface area contributed by atoms with Crippen molar-refractivity contribution in [1.82, 2.24) is 4.90 Å². The molecule has 3 heteroatoms. The van der Waals surface area contributed by atoms with Crippen LogP contribution in [0.25, 0.3) is 0 Å². The van der Waals surface area contributed by atoms with Crippen molar-refractivity contribution in [2.24, 2.45) is 0 Å². The van der Waals surface area contributed by atoms with Gasteiger partial charge in [0.25, 0.3) is 0 Å². The maximum atomic E-state index is 5.87. The van der Waals surface area contributed by atoms with Crippen LogP contribution in [0.1, 0.15) is 5.56 Å². The predicted octanol–water partition coefficient (Wildman–Crippen LogP) is 4.55. The van der Waals surface area contributed by atoms with Gasteiger partial charge >= 0.3 is 0 Å². The normalized spacial score (nSPS) is 10.9. The Morgan fingerprint density at radius 2 is 1.39 bits per heavy atom. The number of nitrogens with zero attached hydrogens (tertiary/aromatic N) is 1. The second kappa shape index (κ2) is 6.28. The zero-order chi connectivity index (χ0) is 13.0. The molecule has 0 saturated carbocycles. The molecule has 0 bridgehead atoms. The van der Waals surface area contributed by atoms with E-state index in [9.17, 15) is 0 Å². The summed E-state index contributed by atoms with van der Waals surface area (Å²) in [5, 5.41) is 0.778. The van der Waals surface area contributed by atoms with Crippen LogP contribution in [0.3, 0.4) is 0 Å². The molecule has 0 saturated heterocycles. The molecule has 2 aromatic rings. The van der Waals surface area contributed by atoms with Gasteiger partial charge in [0, 0.05) is 21.4 Å². The van der Waals surface area contributed by atoms with Crippen LogP contribution < -0.4 is 0 Å². The molecule has 94 valence electrons. The zero-order valence-corrected chi connectivity index (χ0v) is 12.1. The van der Waals surface area contributed by atoms with E-state index in [0.717, 1.165) is 11.6 Å². The van der Waals surface area contributed by atoms with Crippen molar-refractivity contribution in [1.29, 1.82) is 0 Å². The van der Waals surface area contributed by atoms with Crippen LogP contribution in [0.4, 0.5) is 0 Å². The van der Waals surface area contributed by atoms with E-state index in [1.54, 1.807) is 11.8 Å². The Hall–Kier alpha value is -0.960. The molecule has 2 aromatic carbocycles. The standard InChI is InChI=1S/C15H16ClNS/c1-17(2)11-12-3-7-14(8-4-12)18-15-9-5-13(16)6-10-15/h3-10H,11H2,1-2H3. The van der Waals surface area contributed by atoms with E-state index in [2.05, 4.69) is 43.3 Å². The molecule has 0 aromatic heterocycles. The van der Waals surface area contributed by atoms with Gasteiger partial charge in [0.05, 0.1) is 0 Å². The SMILES string of the molecule is CN(C)Cc1ccc(Sc2ccc(Cl)cc2)cc1. The van der Waals surface area contributed by atoms with Crippen LogP contribution in [0, 0.1) is 0 Å². The summed E-state index contributed by atoms with van der Waals surface area (Å²) in [5.74, 6) is 0. The molecule has 0 unspecified atom stereocenters. The van der Waals surface area contributed by atoms with Gasteiger partial charge in [0.15, 0.2) is 0 Å². The maximum absolute atomic E-state index is 5.87. The lowest BCUT2D eigenvalue weighted by molar-refractivity contribution is 0.402. The van der Waals surface area contributed by atoms with Gasteiger partial charge in [0.2, 0.25) is 0 Å². The molecular formula is C15H16ClNS. The monoisotopic (exact) mass is 277 g/mol. The second-order valence-corrected chi connectivity index (χ2v) is 6.02. The van der Waals surface area contributed by atoms with Crippen LogP contribution >= 0.6 is 23.4 Å². The highest BCUT2D eigenvalue weighted by Crippen LogP contribution is 2.28. The first-order chi connectivity index (χ1) is 8.63. The van der Waals surface area contributed by atoms with Crippen molar-refractivity contribution in [3.8, 4) is 0 Å². The third kappa shape index (κ3) is 4.05. The molecule has 0 spiro atoms. The lowest BCUT2D eigenvalue weighted by Gasteiger charge is -2.10. The predicted molar refractivity (Wildman–Crippen MR) is 79.4 cm³/mol. The quantitative estimate of drug-likeness (QED) is 0.806. The summed E-state index contributed by atoms with van der Waals surface area (Å²) in [6, 6.07) is 16.6. The molecule has 0 amide bonds. The van der Waals surface area contributed by atoms with E-state index in [-0.39, 0.29) is 0 Å². The Morgan fingerprint density at radius 3 is 1.89 bits per heavy atom. The van der Waals surface area contributed by atoms with E-state index in [1.165, 1.54) is 15.4 Å². The largest absolute Gasteiger partial charge is 0.305 e. The van der Waals surface area contributed by atoms with Gasteiger partial charge < -0.3 is 4.90 Å². The number of halogens is 1. The van der Waals surface area contributed by atoms with Crippen molar-refractivity contribution in [2.45, 2.75) is 16.3 Å². The number of rotatable bonds is 4. The highest BCUT2D eigenvalue weighted by atomic mass is 35.5. The Bertz CT molecular complexity index is 491. The van der Waals surface area contributed by atoms with Crippen molar-refractivity contribution >= 4 is 23.4 Å². The Kier molecular flexibility index (Phi) is 4.70. The van der Waals surface area contributed by atoms with Gasteiger partial charge in [-0.25, -0.2) is 0 Å². The van der Waals surface area contributed by atoms with Gasteiger partial charge in [-0.15, -0.1) is 0 Å². The number of benzene rings is 2. The van der Waals surface area contributed by atoms with Gasteiger partial charge in [0.1, 0.15) is 0 Å². The molecule has 2 rings (SSSR count). The number of hydrogen-bond donors (Lipinski definition) is 0. The van der Waals surface area contributed by atoms with Crippen molar-refractivity contribution in [3.63, 3.8) is 0 Å². The summed E-state index contributed by atoms with van der Waals surface area (Å²) in [7, 11) is 4.16. The van der Waals surface area contributed by atoms with E-state index in [4.69, 9.17) is 11.6 Å². The van der Waals surface area contributed by atoms with E-state index >= 15 is 0 Å². The van der Waals surface area contributed by atoms with Crippen LogP contribution in [-0.4, -0.2) is 19.0 Å². The lowest BCUT2D eigenvalue weighted by Crippen LogP contribution is -2.10. The van der Waals surface area contributed by atoms with Crippen molar-refractivity contribution in [2.75, 3.05) is 14.1 Å². The molecule has 0 aliphatic heterocycles. The first-order valence-corrected chi connectivity index (χ1v) is 7.00. The van der Waals surface area contributed by atoms with Crippen molar-refractivity contribution < 1.29 is 0 Å². The summed E-state index contributed by atoms with van der Waals surface area (Å²) < 4.78 is 0. The molecule has 0 aliphatic rings. The summed E-state index contributed by atoms with van der Waals surface area (Å²) in [6.07, 6.45) is 0. The average Bonchev–Trinajstić information content (AvgIpc) is 2.34. The first-order valence-electron chi connectivity index (χ1n) is 5.80. The summed E-state index contributed by atoms with van der Waals surface area (Å²) in [4.78, 5) is 4.63. The van der Waals surface area contributed by atoms with Crippen LogP contribution in [0.2, 0.25) is 5.02 Å². The fraction of sp³-hybridized carbons (Fsp3) is 0.200. The molecule has 0 heterocycles. The molecule has 0 N–H and O–H groups in total. The summed E-state index contributed by atoms with van der Waals surface area (Å²) in [5.41, 5.74) is 1.33. The van der Waals surface area contributed by atoms with Crippen LogP contribution in [0.15, 0.2) is 58.3 Å². The van der Waals surface area contributed by atoms with Gasteiger partial charge in [-0.2, -0.15) is 0 Å². The van der Waals surface area contributed by atoms with Gasteiger partial charge in [-0.3, -0.25) is 0 Å². The minimum Gasteiger partial charge on any atom is -0.305 e. The fourth-order valence-corrected chi connectivity index (χ4v) is 2.61. The molecule has 0 fully saturated rings. The molecule has 1 nitrogen and oxygen atoms in total. The van der Waals surface area contributed by atoms with Crippen molar-refractivity contribution in [3.05, 3.63) is 59.1 Å². The Balaban J connectivity index is 2.04. The van der Waals surface area contributed by atoms with E-state index in [1.807, 2.05) is 24.3 Å². The van der Waals surface area contributed by atoms with Gasteiger partial charge in [-0.1, -0.05) is 35.5 Å². The molecular weight excluding hydrogens is 262 g/mol. The van der Waals surface area contributed by atoms with E-state index < -0.39 is 0 Å². The van der Waals surface area contributed by atoms with Crippen LogP contribution in [0.5, 0.6) is 0 Å². The third-order valence-corrected chi connectivity index (χ3v) is 3.74. The topological polar surface area (TPSA) is 3.24 Å². The smallest absolute Gasteiger partial charge is 0.0406 e. The second-order valence-electron chi connectivity index (χ2n) is 4.44. The minimum absolute atomic E-state index is 0.778. The molecule has 0 atom stereocenters. The first kappa shape index (κ1) is 13.5. The minimum atomic E-state index is 0.778. The third-order valence-electron chi connectivity index (χ3n) is 2.47. The summed E-state index contributed by atoms with van der Waals surface area (Å²) in [6.45, 7) is 0.978. The highest BCUT2D eigenvalue weighted by molar-refractivity contribution is 7.99. The summed E-state index contributed by atoms with van der Waals surface area (Å²) >= 11 is 7.62. The molecule has 0 radical (unpaired) electrons. The fourth-order valence-electron chi connectivity index (χ4n) is 1.67. The van der Waals surface area contributed by atoms with Gasteiger partial charge in [-0.05, 0) is 56.1 Å². The molecule has 0 aliphatic carbocycles. The Morgan fingerprint density at radius 1 is 0.889 bits per heavy atom. The zero-order valence-electron chi connectivity index (χ0n) is 10.6. The average molecular weight is 278 g/mol. The highest BCUT2D eigenvalue weighted by Gasteiger charge is 1.99. The van der Waals surface area contributed by atoms with Crippen LogP contribution in [-0.2, 0) is 6.54 Å². The Labute approximate surface area is 118 Å². The van der Waals surface area contributed by atoms with E-state index in [0.29, 0.717) is 0 Å². The maximum Gasteiger partial charge on any atom is 0.0406 e. The molecule has 18 heavy (non-hydrogen) atoms. The lowest BCUT2D eigenvalue weighted by atomic mass is 10.2.